The van der Waals surface area contributed by atoms with Crippen LogP contribution in [0.1, 0.15) is 114 Å². The second kappa shape index (κ2) is 18.5. The first-order valence-corrected chi connectivity index (χ1v) is 21.9. The number of hydrogen-bond donors (Lipinski definition) is 1. The third-order valence-corrected chi connectivity index (χ3v) is 11.7. The highest BCUT2D eigenvalue weighted by atomic mass is 32.2. The van der Waals surface area contributed by atoms with Crippen molar-refractivity contribution in [2.75, 3.05) is 19.6 Å². The third kappa shape index (κ3) is 10.0. The Morgan fingerprint density at radius 3 is 2.22 bits per heavy atom. The van der Waals surface area contributed by atoms with E-state index in [1.54, 1.807) is 55.7 Å². The molecule has 6 rings (SSSR count). The molecule has 0 unspecified atom stereocenters. The third-order valence-electron chi connectivity index (χ3n) is 10.4. The van der Waals surface area contributed by atoms with E-state index < -0.39 is 33.4 Å². The highest BCUT2D eigenvalue weighted by Crippen LogP contribution is 2.29. The van der Waals surface area contributed by atoms with E-state index in [0.29, 0.717) is 49.2 Å². The maximum absolute atomic E-state index is 14.7. The summed E-state index contributed by atoms with van der Waals surface area (Å²) >= 11 is 0. The van der Waals surface area contributed by atoms with E-state index in [-0.39, 0.29) is 33.3 Å². The number of hydrogen-bond acceptors (Lipinski definition) is 8. The minimum atomic E-state index is -4.31. The maximum atomic E-state index is 14.7. The summed E-state index contributed by atoms with van der Waals surface area (Å²) < 4.78 is 36.3. The van der Waals surface area contributed by atoms with Crippen molar-refractivity contribution < 1.29 is 32.3 Å². The molecule has 2 heterocycles. The molecule has 3 amide bonds. The summed E-state index contributed by atoms with van der Waals surface area (Å²) in [7, 11) is -4.31. The lowest BCUT2D eigenvalue weighted by atomic mass is 9.98. The number of rotatable bonds is 14. The fourth-order valence-electron chi connectivity index (χ4n) is 7.20. The average molecular weight is 832 g/mol. The van der Waals surface area contributed by atoms with E-state index in [2.05, 4.69) is 18.6 Å². The number of fused-ring (bicyclic) bond motifs is 2. The van der Waals surface area contributed by atoms with Crippen LogP contribution in [-0.4, -0.2) is 76.9 Å². The Kier molecular flexibility index (Phi) is 13.4. The summed E-state index contributed by atoms with van der Waals surface area (Å²) in [5.41, 5.74) is 2.58. The summed E-state index contributed by atoms with van der Waals surface area (Å²) in [6, 6.07) is 24.1. The van der Waals surface area contributed by atoms with Crippen molar-refractivity contribution in [1.29, 1.82) is 0 Å². The normalized spacial score (nSPS) is 13.0. The van der Waals surface area contributed by atoms with E-state index >= 15 is 0 Å². The van der Waals surface area contributed by atoms with Gasteiger partial charge in [0.05, 0.1) is 16.1 Å². The van der Waals surface area contributed by atoms with Gasteiger partial charge in [0.25, 0.3) is 27.7 Å². The second-order valence-electron chi connectivity index (χ2n) is 16.0. The first kappa shape index (κ1) is 43.5. The highest BCUT2D eigenvalue weighted by molar-refractivity contribution is 7.90. The lowest BCUT2D eigenvalue weighted by Crippen LogP contribution is -2.37. The minimum absolute atomic E-state index is 0.0691. The second-order valence-corrected chi connectivity index (χ2v) is 17.7. The van der Waals surface area contributed by atoms with E-state index in [4.69, 9.17) is 9.84 Å². The zero-order valence-corrected chi connectivity index (χ0v) is 36.0. The molecule has 0 saturated heterocycles. The zero-order valence-electron chi connectivity index (χ0n) is 35.2. The summed E-state index contributed by atoms with van der Waals surface area (Å²) in [5, 5.41) is 6.39. The standard InChI is InChI=1S/C47H53N5O7S/c1-7-9-26-50(27-10-8-2)46(56)43-39(22-24-42(53)59-47(4,5)6)32(3)52(48-43)41-23-20-36(30-40(41)45(55)51-28-25-34-16-12-14-18-37(34)31-51)44(54)49-60(57,58)38-21-19-33-15-11-13-17-35(33)29-38/h11-24,29-30H,7-10,25-28,31H2,1-6H3,(H,49,54)/b24-22+. The van der Waals surface area contributed by atoms with Gasteiger partial charge in [0.15, 0.2) is 5.69 Å². The molecule has 4 aromatic carbocycles. The fraction of sp³-hybridized carbons (Fsp3) is 0.340. The van der Waals surface area contributed by atoms with Crippen LogP contribution in [0.15, 0.2) is 95.9 Å². The molecule has 1 N–H and O–H groups in total. The summed E-state index contributed by atoms with van der Waals surface area (Å²) in [6.07, 6.45) is 6.73. The van der Waals surface area contributed by atoms with Gasteiger partial charge in [-0.05, 0) is 105 Å². The quantitative estimate of drug-likeness (QED) is 0.0874. The van der Waals surface area contributed by atoms with Crippen LogP contribution in [-0.2, 0) is 32.5 Å². The van der Waals surface area contributed by atoms with Gasteiger partial charge in [-0.1, -0.05) is 81.3 Å². The van der Waals surface area contributed by atoms with Crippen LogP contribution >= 0.6 is 0 Å². The summed E-state index contributed by atoms with van der Waals surface area (Å²) in [4.78, 5) is 59.2. The number of amides is 3. The molecule has 5 aromatic rings. The Morgan fingerprint density at radius 1 is 0.867 bits per heavy atom. The van der Waals surface area contributed by atoms with Crippen LogP contribution in [0.5, 0.6) is 0 Å². The molecule has 60 heavy (non-hydrogen) atoms. The van der Waals surface area contributed by atoms with E-state index in [9.17, 15) is 27.6 Å². The van der Waals surface area contributed by atoms with Crippen molar-refractivity contribution in [2.45, 2.75) is 90.7 Å². The van der Waals surface area contributed by atoms with Crippen LogP contribution < -0.4 is 4.72 Å². The van der Waals surface area contributed by atoms with Gasteiger partial charge >= 0.3 is 5.97 Å². The van der Waals surface area contributed by atoms with E-state index in [0.717, 1.165) is 42.2 Å². The van der Waals surface area contributed by atoms with Crippen LogP contribution in [0.25, 0.3) is 22.5 Å². The molecule has 0 fully saturated rings. The molecule has 1 aliphatic rings. The van der Waals surface area contributed by atoms with Crippen LogP contribution in [0, 0.1) is 6.92 Å². The molecule has 314 valence electrons. The lowest BCUT2D eigenvalue weighted by Gasteiger charge is -2.29. The number of ether oxygens (including phenoxy) is 1. The van der Waals surface area contributed by atoms with Crippen LogP contribution in [0.2, 0.25) is 0 Å². The van der Waals surface area contributed by atoms with E-state index in [1.807, 2.05) is 36.4 Å². The van der Waals surface area contributed by atoms with Crippen molar-refractivity contribution in [3.63, 3.8) is 0 Å². The highest BCUT2D eigenvalue weighted by Gasteiger charge is 2.30. The first-order chi connectivity index (χ1) is 28.6. The zero-order chi connectivity index (χ0) is 43.2. The molecule has 12 nitrogen and oxygen atoms in total. The van der Waals surface area contributed by atoms with Gasteiger partial charge in [-0.15, -0.1) is 0 Å². The number of sulfonamides is 1. The molecule has 0 bridgehead atoms. The Labute approximate surface area is 352 Å². The first-order valence-electron chi connectivity index (χ1n) is 20.5. The topological polar surface area (TPSA) is 148 Å². The van der Waals surface area contributed by atoms with Crippen LogP contribution in [0.3, 0.4) is 0 Å². The Hall–Kier alpha value is -6.08. The molecule has 13 heteroatoms. The number of unbranched alkanes of at least 4 members (excludes halogenated alkanes) is 2. The van der Waals surface area contributed by atoms with Gasteiger partial charge in [0.1, 0.15) is 5.60 Å². The molecule has 0 spiro atoms. The molecule has 0 radical (unpaired) electrons. The number of aromatic nitrogens is 2. The van der Waals surface area contributed by atoms with Crippen molar-refractivity contribution in [3.8, 4) is 5.69 Å². The molecule has 0 atom stereocenters. The molecule has 1 aromatic heterocycles. The number of carbonyl (C=O) groups excluding carboxylic acids is 4. The van der Waals surface area contributed by atoms with Crippen LogP contribution in [0.4, 0.5) is 0 Å². The molecule has 0 saturated carbocycles. The monoisotopic (exact) mass is 831 g/mol. The van der Waals surface area contributed by atoms with Gasteiger partial charge in [0.2, 0.25) is 0 Å². The molecular weight excluding hydrogens is 779 g/mol. The van der Waals surface area contributed by atoms with Gasteiger partial charge in [-0.25, -0.2) is 22.6 Å². The lowest BCUT2D eigenvalue weighted by molar-refractivity contribution is -0.148. The molecule has 1 aliphatic heterocycles. The number of nitrogens with one attached hydrogen (secondary N) is 1. The summed E-state index contributed by atoms with van der Waals surface area (Å²) in [5.74, 6) is -2.26. The fourth-order valence-corrected chi connectivity index (χ4v) is 8.21. The van der Waals surface area contributed by atoms with Crippen molar-refractivity contribution in [2.24, 2.45) is 0 Å². The molecule has 0 aliphatic carbocycles. The van der Waals surface area contributed by atoms with E-state index in [1.165, 1.54) is 47.2 Å². The van der Waals surface area contributed by atoms with Gasteiger partial charge in [-0.3, -0.25) is 14.4 Å². The van der Waals surface area contributed by atoms with Gasteiger partial charge < -0.3 is 14.5 Å². The predicted molar refractivity (Wildman–Crippen MR) is 232 cm³/mol. The number of benzene rings is 4. The maximum Gasteiger partial charge on any atom is 0.331 e. The minimum Gasteiger partial charge on any atom is -0.457 e. The predicted octanol–water partition coefficient (Wildman–Crippen LogP) is 8.05. The average Bonchev–Trinajstić information content (AvgIpc) is 3.56. The Balaban J connectivity index is 1.45. The number of nitrogens with zero attached hydrogens (tertiary/aromatic N) is 4. The Morgan fingerprint density at radius 2 is 1.53 bits per heavy atom. The van der Waals surface area contributed by atoms with Crippen molar-refractivity contribution in [3.05, 3.63) is 130 Å². The summed E-state index contributed by atoms with van der Waals surface area (Å²) in [6.45, 7) is 12.9. The Bertz CT molecular complexity index is 2560. The largest absolute Gasteiger partial charge is 0.457 e. The smallest absolute Gasteiger partial charge is 0.331 e. The van der Waals surface area contributed by atoms with Gasteiger partial charge in [-0.2, -0.15) is 5.10 Å². The number of carbonyl (C=O) groups is 4. The molecular formula is C47H53N5O7S. The van der Waals surface area contributed by atoms with Crippen molar-refractivity contribution >= 4 is 50.6 Å². The van der Waals surface area contributed by atoms with Crippen molar-refractivity contribution in [1.82, 2.24) is 24.3 Å². The SMILES string of the molecule is CCCCN(CCCC)C(=O)c1nn(-c2ccc(C(=O)NS(=O)(=O)c3ccc4ccccc4c3)cc2C(=O)N2CCc3ccccc3C2)c(C)c1/C=C/C(=O)OC(C)(C)C. The van der Waals surface area contributed by atoms with Gasteiger partial charge in [0, 0.05) is 49.1 Å². The number of esters is 1.